The molecular weight excluding hydrogens is 360 g/mol. The number of hydrogen-bond donors (Lipinski definition) is 2. The van der Waals surface area contributed by atoms with Crippen molar-refractivity contribution in [1.29, 1.82) is 0 Å². The van der Waals surface area contributed by atoms with Crippen LogP contribution in [0, 0.1) is 5.92 Å². The number of anilines is 1. The summed E-state index contributed by atoms with van der Waals surface area (Å²) in [6, 6.07) is 11.2. The lowest BCUT2D eigenvalue weighted by Crippen LogP contribution is -2.13. The number of hydrogen-bond acceptors (Lipinski definition) is 4. The molecule has 0 unspecified atom stereocenters. The summed E-state index contributed by atoms with van der Waals surface area (Å²) in [5, 5.41) is 14.9. The Bertz CT molecular complexity index is 972. The summed E-state index contributed by atoms with van der Waals surface area (Å²) in [4.78, 5) is 9.06. The molecular formula is C21H23ClN4O. The van der Waals surface area contributed by atoms with E-state index in [4.69, 9.17) is 11.6 Å². The highest BCUT2D eigenvalue weighted by molar-refractivity contribution is 6.18. The molecule has 2 aromatic heterocycles. The Kier molecular flexibility index (Phi) is 4.29. The molecule has 1 fully saturated rings. The molecule has 2 aliphatic rings. The van der Waals surface area contributed by atoms with Crippen molar-refractivity contribution in [2.45, 2.75) is 43.9 Å². The quantitative estimate of drug-likeness (QED) is 0.667. The monoisotopic (exact) mass is 382 g/mol. The van der Waals surface area contributed by atoms with Crippen molar-refractivity contribution in [1.82, 2.24) is 14.5 Å². The predicted octanol–water partition coefficient (Wildman–Crippen LogP) is 4.08. The third kappa shape index (κ3) is 2.89. The zero-order chi connectivity index (χ0) is 18.4. The van der Waals surface area contributed by atoms with Gasteiger partial charge >= 0.3 is 0 Å². The van der Waals surface area contributed by atoms with Crippen LogP contribution in [0.5, 0.6) is 0 Å². The van der Waals surface area contributed by atoms with Gasteiger partial charge in [0.15, 0.2) is 0 Å². The van der Waals surface area contributed by atoms with Crippen LogP contribution in [0.1, 0.15) is 42.5 Å². The van der Waals surface area contributed by atoms with Gasteiger partial charge in [0.05, 0.1) is 17.5 Å². The summed E-state index contributed by atoms with van der Waals surface area (Å²) >= 11 is 6.00. The number of nitrogens with zero attached hydrogens (tertiary/aromatic N) is 3. The van der Waals surface area contributed by atoms with E-state index in [0.29, 0.717) is 5.88 Å². The molecule has 2 aliphatic carbocycles. The largest absolute Gasteiger partial charge is 0.393 e. The van der Waals surface area contributed by atoms with E-state index in [1.165, 1.54) is 11.1 Å². The van der Waals surface area contributed by atoms with Gasteiger partial charge in [-0.05, 0) is 42.9 Å². The molecule has 0 aliphatic heterocycles. The van der Waals surface area contributed by atoms with Gasteiger partial charge in [0.25, 0.3) is 0 Å². The molecule has 0 radical (unpaired) electrons. The second-order valence-corrected chi connectivity index (χ2v) is 8.03. The summed E-state index contributed by atoms with van der Waals surface area (Å²) < 4.78 is 2.18. The van der Waals surface area contributed by atoms with Crippen LogP contribution in [0.15, 0.2) is 42.9 Å². The topological polar surface area (TPSA) is 63.0 Å². The van der Waals surface area contributed by atoms with Crippen molar-refractivity contribution in [2.75, 3.05) is 11.2 Å². The van der Waals surface area contributed by atoms with Crippen molar-refractivity contribution >= 4 is 28.5 Å². The number of rotatable bonds is 4. The maximum atomic E-state index is 10.2. The van der Waals surface area contributed by atoms with Crippen LogP contribution in [0.4, 0.5) is 5.82 Å². The number of aliphatic hydroxyl groups is 1. The van der Waals surface area contributed by atoms with Crippen LogP contribution < -0.4 is 5.32 Å². The highest BCUT2D eigenvalue weighted by Gasteiger charge is 2.34. The average Bonchev–Trinajstić information content (AvgIpc) is 3.39. The number of alkyl halides is 1. The van der Waals surface area contributed by atoms with Gasteiger partial charge in [-0.15, -0.1) is 11.6 Å². The maximum Gasteiger partial charge on any atom is 0.145 e. The average molecular weight is 383 g/mol. The molecule has 5 nitrogen and oxygen atoms in total. The van der Waals surface area contributed by atoms with E-state index in [1.54, 1.807) is 6.33 Å². The van der Waals surface area contributed by atoms with Crippen molar-refractivity contribution in [3.8, 4) is 0 Å². The van der Waals surface area contributed by atoms with E-state index in [9.17, 15) is 5.11 Å². The van der Waals surface area contributed by atoms with E-state index in [0.717, 1.165) is 42.5 Å². The standard InChI is InChI=1S/C21H23ClN4O/c22-11-14-9-15(10-19(14)27)26-8-7-17-20(23-12-24-21(17)26)25-18-6-5-13-3-1-2-4-16(13)18/h1-4,7-8,12,14-15,18-19,27H,5-6,9-11H2,(H,23,24,25)/t14-,15-,18+,19+/m1/s1. The molecule has 1 saturated carbocycles. The lowest BCUT2D eigenvalue weighted by Gasteiger charge is -2.16. The Labute approximate surface area is 163 Å². The first-order valence-electron chi connectivity index (χ1n) is 9.64. The fraction of sp³-hybridized carbons (Fsp3) is 0.429. The Morgan fingerprint density at radius 2 is 2.07 bits per heavy atom. The second kappa shape index (κ2) is 6.80. The fourth-order valence-corrected chi connectivity index (χ4v) is 5.05. The van der Waals surface area contributed by atoms with Gasteiger partial charge in [0.2, 0.25) is 0 Å². The second-order valence-electron chi connectivity index (χ2n) is 7.72. The summed E-state index contributed by atoms with van der Waals surface area (Å²) in [6.07, 6.45) is 7.16. The van der Waals surface area contributed by atoms with Crippen LogP contribution in [0.3, 0.4) is 0 Å². The van der Waals surface area contributed by atoms with Crippen LogP contribution in [0.25, 0.3) is 11.0 Å². The summed E-state index contributed by atoms with van der Waals surface area (Å²) in [5.41, 5.74) is 3.71. The summed E-state index contributed by atoms with van der Waals surface area (Å²) in [7, 11) is 0. The van der Waals surface area contributed by atoms with Crippen LogP contribution in [-0.4, -0.2) is 31.6 Å². The predicted molar refractivity (Wildman–Crippen MR) is 107 cm³/mol. The van der Waals surface area contributed by atoms with Crippen molar-refractivity contribution in [3.63, 3.8) is 0 Å². The van der Waals surface area contributed by atoms with Crippen LogP contribution >= 0.6 is 11.6 Å². The van der Waals surface area contributed by atoms with Crippen molar-refractivity contribution < 1.29 is 5.11 Å². The molecule has 2 heterocycles. The summed E-state index contributed by atoms with van der Waals surface area (Å²) in [5.74, 6) is 1.54. The van der Waals surface area contributed by atoms with Crippen LogP contribution in [-0.2, 0) is 6.42 Å². The first kappa shape index (κ1) is 17.0. The van der Waals surface area contributed by atoms with E-state index in [1.807, 2.05) is 0 Å². The smallest absolute Gasteiger partial charge is 0.145 e. The third-order valence-electron chi connectivity index (χ3n) is 6.18. The molecule has 27 heavy (non-hydrogen) atoms. The molecule has 2 N–H and O–H groups in total. The third-order valence-corrected chi connectivity index (χ3v) is 6.57. The molecule has 4 atom stereocenters. The Balaban J connectivity index is 1.45. The zero-order valence-corrected chi connectivity index (χ0v) is 15.8. The highest BCUT2D eigenvalue weighted by Crippen LogP contribution is 2.39. The lowest BCUT2D eigenvalue weighted by atomic mass is 10.1. The SMILES string of the molecule is O[C@H]1C[C@H](n2ccc3c(N[C@H]4CCc5ccccc54)ncnc32)C[C@@H]1CCl. The highest BCUT2D eigenvalue weighted by atomic mass is 35.5. The Morgan fingerprint density at radius 1 is 1.19 bits per heavy atom. The van der Waals surface area contributed by atoms with Gasteiger partial charge in [-0.25, -0.2) is 9.97 Å². The molecule has 0 saturated heterocycles. The minimum absolute atomic E-state index is 0.156. The minimum Gasteiger partial charge on any atom is -0.393 e. The number of benzene rings is 1. The van der Waals surface area contributed by atoms with Gasteiger partial charge in [0.1, 0.15) is 17.8 Å². The molecule has 3 aromatic rings. The van der Waals surface area contributed by atoms with Gasteiger partial charge in [-0.2, -0.15) is 0 Å². The normalized spacial score (nSPS) is 27.2. The summed E-state index contributed by atoms with van der Waals surface area (Å²) in [6.45, 7) is 0. The Morgan fingerprint density at radius 3 is 2.93 bits per heavy atom. The molecule has 0 amide bonds. The van der Waals surface area contributed by atoms with Gasteiger partial charge < -0.3 is 15.0 Å². The molecule has 0 spiro atoms. The van der Waals surface area contributed by atoms with Crippen LogP contribution in [0.2, 0.25) is 0 Å². The maximum absolute atomic E-state index is 10.2. The molecule has 5 rings (SSSR count). The number of nitrogens with one attached hydrogen (secondary N) is 1. The molecule has 1 aromatic carbocycles. The number of aryl methyl sites for hydroxylation is 1. The van der Waals surface area contributed by atoms with Gasteiger partial charge in [0, 0.05) is 24.0 Å². The number of aliphatic hydroxyl groups excluding tert-OH is 1. The minimum atomic E-state index is -0.334. The molecule has 0 bridgehead atoms. The molecule has 6 heteroatoms. The lowest BCUT2D eigenvalue weighted by molar-refractivity contribution is 0.141. The first-order chi connectivity index (χ1) is 13.2. The molecule has 140 valence electrons. The zero-order valence-electron chi connectivity index (χ0n) is 15.1. The number of aromatic nitrogens is 3. The van der Waals surface area contributed by atoms with Crippen molar-refractivity contribution in [2.24, 2.45) is 5.92 Å². The Hall–Kier alpha value is -2.11. The van der Waals surface area contributed by atoms with Crippen molar-refractivity contribution in [3.05, 3.63) is 54.0 Å². The van der Waals surface area contributed by atoms with Gasteiger partial charge in [-0.1, -0.05) is 24.3 Å². The van der Waals surface area contributed by atoms with E-state index < -0.39 is 0 Å². The van der Waals surface area contributed by atoms with E-state index in [-0.39, 0.29) is 24.1 Å². The number of fused-ring (bicyclic) bond motifs is 2. The number of halogens is 1. The van der Waals surface area contributed by atoms with E-state index in [2.05, 4.69) is 56.4 Å². The fourth-order valence-electron chi connectivity index (χ4n) is 4.72. The van der Waals surface area contributed by atoms with E-state index >= 15 is 0 Å². The van der Waals surface area contributed by atoms with Gasteiger partial charge in [-0.3, -0.25) is 0 Å². The first-order valence-corrected chi connectivity index (χ1v) is 10.2.